The van der Waals surface area contributed by atoms with Crippen LogP contribution in [0.5, 0.6) is 0 Å². The molecule has 1 aromatic rings. The molecule has 0 aromatic carbocycles. The molecule has 0 N–H and O–H groups in total. The predicted octanol–water partition coefficient (Wildman–Crippen LogP) is 2.06. The maximum atomic E-state index is 12.9. The van der Waals surface area contributed by atoms with Crippen molar-refractivity contribution in [3.8, 4) is 0 Å². The molecule has 0 unspecified atom stereocenters. The highest BCUT2D eigenvalue weighted by atomic mass is 16.5. The summed E-state index contributed by atoms with van der Waals surface area (Å²) in [4.78, 5) is 28.8. The Kier molecular flexibility index (Phi) is 11.4. The van der Waals surface area contributed by atoms with Crippen molar-refractivity contribution in [3.63, 3.8) is 0 Å². The number of hydrogen-bond donors (Lipinski definition) is 0. The van der Waals surface area contributed by atoms with Crippen LogP contribution in [0.3, 0.4) is 0 Å². The average molecular weight is 382 g/mol. The second-order valence-electron chi connectivity index (χ2n) is 6.68. The van der Waals surface area contributed by atoms with Crippen molar-refractivity contribution in [2.24, 2.45) is 7.05 Å². The van der Waals surface area contributed by atoms with Gasteiger partial charge in [-0.05, 0) is 18.6 Å². The van der Waals surface area contributed by atoms with Gasteiger partial charge in [-0.25, -0.2) is 0 Å². The fourth-order valence-electron chi connectivity index (χ4n) is 2.79. The number of ether oxygens (including phenoxy) is 2. The first-order valence-corrected chi connectivity index (χ1v) is 9.67. The average Bonchev–Trinajstić information content (AvgIpc) is 3.06. The van der Waals surface area contributed by atoms with E-state index >= 15 is 0 Å². The SMILES string of the molecule is CCCCCC(=O)N(CCOC)CC(=O)N(CCOC)Cc1cccn1C. The van der Waals surface area contributed by atoms with Crippen molar-refractivity contribution in [3.05, 3.63) is 24.0 Å². The summed E-state index contributed by atoms with van der Waals surface area (Å²) in [5, 5.41) is 0. The van der Waals surface area contributed by atoms with Crippen LogP contribution in [0.15, 0.2) is 18.3 Å². The summed E-state index contributed by atoms with van der Waals surface area (Å²) in [6.45, 7) is 4.46. The third-order valence-corrected chi connectivity index (χ3v) is 4.56. The van der Waals surface area contributed by atoms with E-state index in [9.17, 15) is 9.59 Å². The van der Waals surface area contributed by atoms with E-state index in [0.717, 1.165) is 25.0 Å². The topological polar surface area (TPSA) is 64.0 Å². The van der Waals surface area contributed by atoms with E-state index in [1.54, 1.807) is 24.0 Å². The number of hydrogen-bond acceptors (Lipinski definition) is 4. The lowest BCUT2D eigenvalue weighted by atomic mass is 10.2. The Balaban J connectivity index is 2.76. The Morgan fingerprint density at radius 1 is 1.04 bits per heavy atom. The molecule has 1 aromatic heterocycles. The first-order valence-electron chi connectivity index (χ1n) is 9.67. The van der Waals surface area contributed by atoms with Gasteiger partial charge in [-0.1, -0.05) is 19.8 Å². The summed E-state index contributed by atoms with van der Waals surface area (Å²) < 4.78 is 12.3. The fraction of sp³-hybridized carbons (Fsp3) is 0.700. The maximum absolute atomic E-state index is 12.9. The van der Waals surface area contributed by atoms with E-state index in [1.165, 1.54) is 0 Å². The van der Waals surface area contributed by atoms with Crippen LogP contribution in [-0.2, 0) is 32.7 Å². The highest BCUT2D eigenvalue weighted by Crippen LogP contribution is 2.08. The van der Waals surface area contributed by atoms with Crippen LogP contribution in [0, 0.1) is 0 Å². The van der Waals surface area contributed by atoms with Crippen molar-refractivity contribution >= 4 is 11.8 Å². The molecule has 7 heteroatoms. The Bertz CT molecular complexity index is 559. The van der Waals surface area contributed by atoms with E-state index in [0.29, 0.717) is 39.3 Å². The molecule has 154 valence electrons. The molecule has 0 aliphatic heterocycles. The van der Waals surface area contributed by atoms with Crippen LogP contribution in [0.4, 0.5) is 0 Å². The van der Waals surface area contributed by atoms with Gasteiger partial charge in [0.25, 0.3) is 0 Å². The number of rotatable bonds is 14. The van der Waals surface area contributed by atoms with Crippen LogP contribution in [-0.4, -0.2) is 73.2 Å². The first-order chi connectivity index (χ1) is 13.0. The van der Waals surface area contributed by atoms with Gasteiger partial charge in [0.15, 0.2) is 0 Å². The van der Waals surface area contributed by atoms with Gasteiger partial charge >= 0.3 is 0 Å². The van der Waals surface area contributed by atoms with Crippen LogP contribution >= 0.6 is 0 Å². The monoisotopic (exact) mass is 381 g/mol. The number of carbonyl (C=O) groups is 2. The molecule has 1 rings (SSSR count). The minimum Gasteiger partial charge on any atom is -0.383 e. The Morgan fingerprint density at radius 2 is 1.70 bits per heavy atom. The van der Waals surface area contributed by atoms with Gasteiger partial charge in [0.2, 0.25) is 11.8 Å². The first kappa shape index (κ1) is 23.2. The molecule has 27 heavy (non-hydrogen) atoms. The molecule has 2 amide bonds. The van der Waals surface area contributed by atoms with E-state index in [4.69, 9.17) is 9.47 Å². The van der Waals surface area contributed by atoms with Gasteiger partial charge in [0.1, 0.15) is 0 Å². The molecule has 0 spiro atoms. The minimum atomic E-state index is -0.0757. The zero-order valence-electron chi connectivity index (χ0n) is 17.3. The maximum Gasteiger partial charge on any atom is 0.242 e. The molecular formula is C20H35N3O4. The Labute approximate surface area is 163 Å². The summed E-state index contributed by atoms with van der Waals surface area (Å²) in [6.07, 6.45) is 5.36. The van der Waals surface area contributed by atoms with E-state index in [2.05, 4.69) is 6.92 Å². The normalized spacial score (nSPS) is 10.8. The smallest absolute Gasteiger partial charge is 0.242 e. The second kappa shape index (κ2) is 13.3. The molecule has 0 saturated carbocycles. The second-order valence-corrected chi connectivity index (χ2v) is 6.68. The lowest BCUT2D eigenvalue weighted by molar-refractivity contribution is -0.141. The van der Waals surface area contributed by atoms with Crippen LogP contribution < -0.4 is 0 Å². The predicted molar refractivity (Wildman–Crippen MR) is 105 cm³/mol. The molecule has 0 fully saturated rings. The molecule has 0 bridgehead atoms. The largest absolute Gasteiger partial charge is 0.383 e. The molecule has 0 aliphatic rings. The summed E-state index contributed by atoms with van der Waals surface area (Å²) in [5.41, 5.74) is 1.04. The number of carbonyl (C=O) groups excluding carboxylic acids is 2. The third-order valence-electron chi connectivity index (χ3n) is 4.56. The number of methoxy groups -OCH3 is 2. The quantitative estimate of drug-likeness (QED) is 0.463. The standard InChI is InChI=1S/C20H35N3O4/c1-5-6-7-10-19(24)23(13-15-27-4)17-20(25)22(12-14-26-3)16-18-9-8-11-21(18)2/h8-9,11H,5-7,10,12-17H2,1-4H3. The molecule has 0 atom stereocenters. The zero-order chi connectivity index (χ0) is 20.1. The van der Waals surface area contributed by atoms with Crippen LogP contribution in [0.25, 0.3) is 0 Å². The lowest BCUT2D eigenvalue weighted by Gasteiger charge is -2.28. The summed E-state index contributed by atoms with van der Waals surface area (Å²) >= 11 is 0. The number of unbranched alkanes of at least 4 members (excludes halogenated alkanes) is 2. The zero-order valence-corrected chi connectivity index (χ0v) is 17.3. The Hall–Kier alpha value is -1.86. The van der Waals surface area contributed by atoms with Gasteiger partial charge in [-0.15, -0.1) is 0 Å². The van der Waals surface area contributed by atoms with Crippen LogP contribution in [0.2, 0.25) is 0 Å². The lowest BCUT2D eigenvalue weighted by Crippen LogP contribution is -2.45. The third kappa shape index (κ3) is 8.58. The van der Waals surface area contributed by atoms with Crippen molar-refractivity contribution in [1.29, 1.82) is 0 Å². The van der Waals surface area contributed by atoms with E-state index in [1.807, 2.05) is 29.9 Å². The fourth-order valence-corrected chi connectivity index (χ4v) is 2.79. The summed E-state index contributed by atoms with van der Waals surface area (Å²) in [6, 6.07) is 3.95. The number of nitrogens with zero attached hydrogens (tertiary/aromatic N) is 3. The molecule has 7 nitrogen and oxygen atoms in total. The molecule has 0 saturated heterocycles. The molecule has 0 aliphatic carbocycles. The van der Waals surface area contributed by atoms with Gasteiger partial charge in [-0.2, -0.15) is 0 Å². The van der Waals surface area contributed by atoms with Crippen molar-refractivity contribution in [1.82, 2.24) is 14.4 Å². The Morgan fingerprint density at radius 3 is 2.26 bits per heavy atom. The molecule has 1 heterocycles. The summed E-state index contributed by atoms with van der Waals surface area (Å²) in [7, 11) is 5.17. The van der Waals surface area contributed by atoms with Gasteiger partial charge in [0.05, 0.1) is 26.3 Å². The van der Waals surface area contributed by atoms with Crippen molar-refractivity contribution in [2.75, 3.05) is 47.1 Å². The van der Waals surface area contributed by atoms with Crippen LogP contribution in [0.1, 0.15) is 38.3 Å². The number of aromatic nitrogens is 1. The number of aryl methyl sites for hydroxylation is 1. The highest BCUT2D eigenvalue weighted by Gasteiger charge is 2.21. The van der Waals surface area contributed by atoms with Gasteiger partial charge in [0, 0.05) is 52.7 Å². The highest BCUT2D eigenvalue weighted by molar-refractivity contribution is 5.84. The molecule has 0 radical (unpaired) electrons. The summed E-state index contributed by atoms with van der Waals surface area (Å²) in [5.74, 6) is -0.0624. The number of amides is 2. The van der Waals surface area contributed by atoms with Gasteiger partial charge < -0.3 is 23.8 Å². The van der Waals surface area contributed by atoms with E-state index in [-0.39, 0.29) is 18.4 Å². The van der Waals surface area contributed by atoms with Crippen molar-refractivity contribution < 1.29 is 19.1 Å². The minimum absolute atomic E-state index is 0.0133. The molecular weight excluding hydrogens is 346 g/mol. The van der Waals surface area contributed by atoms with E-state index < -0.39 is 0 Å². The van der Waals surface area contributed by atoms with Crippen molar-refractivity contribution in [2.45, 2.75) is 39.2 Å². The van der Waals surface area contributed by atoms with Gasteiger partial charge in [-0.3, -0.25) is 9.59 Å².